The molecule has 0 radical (unpaired) electrons. The van der Waals surface area contributed by atoms with E-state index in [1.807, 2.05) is 66.7 Å². The van der Waals surface area contributed by atoms with Crippen molar-refractivity contribution in [2.45, 2.75) is 0 Å². The number of pyridine rings is 1. The highest BCUT2D eigenvalue weighted by atomic mass is 32.1. The molecule has 0 saturated heterocycles. The molecular weight excluding hydrogens is 1220 g/mol. The van der Waals surface area contributed by atoms with Gasteiger partial charge in [0.2, 0.25) is 0 Å². The first-order valence-electron chi connectivity index (χ1n) is 33.2. The molecule has 16 aromatic carbocycles. The number of nitrogens with zero attached hydrogens (tertiary/aromatic N) is 7. The van der Waals surface area contributed by atoms with Gasteiger partial charge in [-0.2, -0.15) is 0 Å². The van der Waals surface area contributed by atoms with Gasteiger partial charge >= 0.3 is 0 Å². The van der Waals surface area contributed by atoms with Crippen LogP contribution in [-0.2, 0) is 0 Å². The summed E-state index contributed by atoms with van der Waals surface area (Å²) in [5.74, 6) is 3.77. The summed E-state index contributed by atoms with van der Waals surface area (Å²) in [6, 6.07) is 116. The van der Waals surface area contributed by atoms with Crippen molar-refractivity contribution in [3.63, 3.8) is 0 Å². The van der Waals surface area contributed by atoms with E-state index in [0.717, 1.165) is 38.9 Å². The van der Waals surface area contributed by atoms with E-state index in [-0.39, 0.29) is 0 Å². The third-order valence-corrected chi connectivity index (χ3v) is 20.5. The zero-order valence-electron chi connectivity index (χ0n) is 53.3. The van der Waals surface area contributed by atoms with Crippen LogP contribution >= 0.6 is 11.3 Å². The summed E-state index contributed by atoms with van der Waals surface area (Å²) < 4.78 is 2.43. The van der Waals surface area contributed by atoms with Crippen molar-refractivity contribution in [1.29, 1.82) is 0 Å². The summed E-state index contributed by atoms with van der Waals surface area (Å²) in [4.78, 5) is 34.4. The number of hydrogen-bond donors (Lipinski definition) is 0. The maximum atomic E-state index is 5.23. The lowest BCUT2D eigenvalue weighted by molar-refractivity contribution is 1.06. The zero-order valence-corrected chi connectivity index (χ0v) is 54.1. The number of aromatic nitrogens is 7. The van der Waals surface area contributed by atoms with E-state index in [2.05, 4.69) is 266 Å². The van der Waals surface area contributed by atoms with Crippen LogP contribution in [0, 0.1) is 0 Å². The van der Waals surface area contributed by atoms with Crippen molar-refractivity contribution >= 4 is 118 Å². The smallest absolute Gasteiger partial charge is 0.182 e. The fourth-order valence-electron chi connectivity index (χ4n) is 14.5. The molecule has 0 atom stereocenters. The molecule has 7 nitrogen and oxygen atoms in total. The van der Waals surface area contributed by atoms with Gasteiger partial charge in [-0.05, 0) is 151 Å². The molecule has 4 aromatic heterocycles. The van der Waals surface area contributed by atoms with Gasteiger partial charge in [-0.3, -0.25) is 4.98 Å². The largest absolute Gasteiger partial charge is 0.253 e. The molecule has 4 heterocycles. The molecular formula is C91H55N7S. The summed E-state index contributed by atoms with van der Waals surface area (Å²) in [6.07, 6.45) is 1.76. The molecule has 0 unspecified atom stereocenters. The Balaban J connectivity index is 0.000000140. The van der Waals surface area contributed by atoms with E-state index >= 15 is 0 Å². The summed E-state index contributed by atoms with van der Waals surface area (Å²) in [5, 5.41) is 22.7. The van der Waals surface area contributed by atoms with Crippen molar-refractivity contribution < 1.29 is 0 Å². The molecule has 20 aromatic rings. The van der Waals surface area contributed by atoms with Gasteiger partial charge < -0.3 is 0 Å². The second kappa shape index (κ2) is 24.0. The predicted octanol–water partition coefficient (Wildman–Crippen LogP) is 24.1. The summed E-state index contributed by atoms with van der Waals surface area (Å²) in [6.45, 7) is 0. The minimum absolute atomic E-state index is 0.552. The number of fused-ring (bicyclic) bond motifs is 17. The molecule has 0 bridgehead atoms. The van der Waals surface area contributed by atoms with Gasteiger partial charge in [-0.25, -0.2) is 29.9 Å². The van der Waals surface area contributed by atoms with Crippen molar-refractivity contribution in [1.82, 2.24) is 34.9 Å². The molecule has 0 aliphatic rings. The predicted molar refractivity (Wildman–Crippen MR) is 414 cm³/mol. The number of hydrogen-bond acceptors (Lipinski definition) is 8. The van der Waals surface area contributed by atoms with Crippen LogP contribution in [0.15, 0.2) is 334 Å². The molecule has 0 aliphatic heterocycles. The molecule has 460 valence electrons. The molecule has 0 spiro atoms. The van der Waals surface area contributed by atoms with Crippen LogP contribution in [-0.4, -0.2) is 34.9 Å². The highest BCUT2D eigenvalue weighted by Crippen LogP contribution is 2.44. The zero-order chi connectivity index (χ0) is 65.3. The summed E-state index contributed by atoms with van der Waals surface area (Å²) in [5.41, 5.74) is 10.1. The minimum Gasteiger partial charge on any atom is -0.253 e. The lowest BCUT2D eigenvalue weighted by atomic mass is 9.89. The second-order valence-corrected chi connectivity index (χ2v) is 26.1. The Bertz CT molecular complexity index is 6540. The van der Waals surface area contributed by atoms with E-state index in [0.29, 0.717) is 40.6 Å². The third-order valence-electron chi connectivity index (χ3n) is 19.3. The maximum absolute atomic E-state index is 5.23. The van der Waals surface area contributed by atoms with E-state index in [1.54, 1.807) is 17.5 Å². The molecule has 0 N–H and O–H groups in total. The first-order chi connectivity index (χ1) is 49.0. The van der Waals surface area contributed by atoms with Gasteiger partial charge in [0.25, 0.3) is 0 Å². The van der Waals surface area contributed by atoms with E-state index < -0.39 is 0 Å². The molecule has 20 rings (SSSR count). The Morgan fingerprint density at radius 3 is 1.34 bits per heavy atom. The van der Waals surface area contributed by atoms with Crippen molar-refractivity contribution in [2.24, 2.45) is 0 Å². The lowest BCUT2D eigenvalue weighted by Crippen LogP contribution is -2.00. The molecule has 0 amide bonds. The second-order valence-electron chi connectivity index (χ2n) is 25.1. The summed E-state index contributed by atoms with van der Waals surface area (Å²) >= 11 is 1.79. The van der Waals surface area contributed by atoms with E-state index in [1.165, 1.54) is 117 Å². The van der Waals surface area contributed by atoms with Gasteiger partial charge in [-0.15, -0.1) is 11.3 Å². The minimum atomic E-state index is 0.552. The quantitative estimate of drug-likeness (QED) is 0.140. The van der Waals surface area contributed by atoms with Gasteiger partial charge in [0.05, 0.1) is 0 Å². The molecule has 8 heteroatoms. The Kier molecular flexibility index (Phi) is 13.9. The highest BCUT2D eigenvalue weighted by molar-refractivity contribution is 7.26. The highest BCUT2D eigenvalue weighted by Gasteiger charge is 2.20. The average Bonchev–Trinajstić information content (AvgIpc) is 1.74. The fourth-order valence-corrected chi connectivity index (χ4v) is 15.7. The SMILES string of the molecule is c1ccc(-c2nc(-c3ccc(-c4ccc5c(ccc6c5ccc5ccc7ccccc7c56)c4)cc3)nc(-c3ccccn3)n2)cc1.c1ccc(-c2nc(-c3cccc(-c4cc5c(ccc6ccc7ccccc7c65)c5ccccc45)c3)nc(-c3cccc4c3sc3ccccc34)n2)cc1. The molecule has 99 heavy (non-hydrogen) atoms. The van der Waals surface area contributed by atoms with Gasteiger partial charge in [-0.1, -0.05) is 285 Å². The van der Waals surface area contributed by atoms with Crippen LogP contribution in [0.25, 0.3) is 197 Å². The lowest BCUT2D eigenvalue weighted by Gasteiger charge is -2.15. The first kappa shape index (κ1) is 57.4. The standard InChI is InChI=1S/C49H29N3S.C42H26N4/c1-2-13-32(14-3-1)47-50-48(52-49(51-47)41-22-11-21-40-39-20-8-9-23-44(39)53-46(40)41)34-16-10-15-33(28-34)42-29-43-38(36-18-6-7-19-37(36)42)27-26-31-25-24-30-12-4-5-17-35(30)45(31)43;1-2-9-30(10-3-1)40-44-41(46-42(45-40)38-12-6-7-25-43-38)31-17-13-27(14-18-31)32-20-22-34-33(26-32)21-24-37-36(34)23-19-29-16-15-28-8-4-5-11-35(28)39(29)37/h1-29H;1-26H. The Labute approximate surface area is 573 Å². The van der Waals surface area contributed by atoms with E-state index in [4.69, 9.17) is 29.9 Å². The Morgan fingerprint density at radius 1 is 0.202 bits per heavy atom. The normalized spacial score (nSPS) is 11.6. The van der Waals surface area contributed by atoms with E-state index in [9.17, 15) is 0 Å². The number of thiophene rings is 1. The van der Waals surface area contributed by atoms with Crippen molar-refractivity contribution in [3.8, 4) is 90.7 Å². The van der Waals surface area contributed by atoms with Crippen LogP contribution in [0.2, 0.25) is 0 Å². The van der Waals surface area contributed by atoms with Crippen molar-refractivity contribution in [2.75, 3.05) is 0 Å². The number of benzene rings is 16. The molecule has 0 fully saturated rings. The topological polar surface area (TPSA) is 90.2 Å². The average molecular weight is 1280 g/mol. The van der Waals surface area contributed by atoms with Crippen LogP contribution in [0.3, 0.4) is 0 Å². The van der Waals surface area contributed by atoms with Crippen molar-refractivity contribution in [3.05, 3.63) is 334 Å². The molecule has 0 aliphatic carbocycles. The maximum Gasteiger partial charge on any atom is 0.182 e. The van der Waals surface area contributed by atoms with Crippen LogP contribution < -0.4 is 0 Å². The molecule has 0 saturated carbocycles. The van der Waals surface area contributed by atoms with Gasteiger partial charge in [0.15, 0.2) is 34.9 Å². The van der Waals surface area contributed by atoms with Crippen LogP contribution in [0.5, 0.6) is 0 Å². The Morgan fingerprint density at radius 2 is 0.657 bits per heavy atom. The summed E-state index contributed by atoms with van der Waals surface area (Å²) in [7, 11) is 0. The van der Waals surface area contributed by atoms with Gasteiger partial charge in [0.1, 0.15) is 5.69 Å². The van der Waals surface area contributed by atoms with Crippen LogP contribution in [0.1, 0.15) is 0 Å². The first-order valence-corrected chi connectivity index (χ1v) is 34.1. The number of rotatable bonds is 8. The monoisotopic (exact) mass is 1280 g/mol. The van der Waals surface area contributed by atoms with Crippen LogP contribution in [0.4, 0.5) is 0 Å². The third kappa shape index (κ3) is 10.2. The Hall–Kier alpha value is -13.0. The fraction of sp³-hybridized carbons (Fsp3) is 0. The van der Waals surface area contributed by atoms with Gasteiger partial charge in [0, 0.05) is 54.2 Å².